The van der Waals surface area contributed by atoms with E-state index in [0.717, 1.165) is 12.0 Å². The van der Waals surface area contributed by atoms with Crippen LogP contribution < -0.4 is 5.32 Å². The molecule has 128 valence electrons. The maximum Gasteiger partial charge on any atom is 0.310 e. The van der Waals surface area contributed by atoms with Gasteiger partial charge in [0.25, 0.3) is 0 Å². The molecule has 1 saturated heterocycles. The second kappa shape index (κ2) is 6.63. The number of benzene rings is 1. The van der Waals surface area contributed by atoms with E-state index >= 15 is 0 Å². The van der Waals surface area contributed by atoms with Crippen LogP contribution in [0.5, 0.6) is 0 Å². The molecule has 24 heavy (non-hydrogen) atoms. The van der Waals surface area contributed by atoms with Crippen molar-refractivity contribution < 1.29 is 19.5 Å². The van der Waals surface area contributed by atoms with Gasteiger partial charge in [0.05, 0.1) is 5.41 Å². The lowest BCUT2D eigenvalue weighted by Gasteiger charge is -2.37. The van der Waals surface area contributed by atoms with E-state index in [2.05, 4.69) is 5.32 Å². The van der Waals surface area contributed by atoms with Crippen molar-refractivity contribution in [3.8, 4) is 0 Å². The molecule has 2 fully saturated rings. The number of carboxylic acid groups (broad SMARTS) is 1. The number of likely N-dealkylation sites (tertiary alicyclic amines) is 1. The van der Waals surface area contributed by atoms with Crippen molar-refractivity contribution in [3.63, 3.8) is 0 Å². The van der Waals surface area contributed by atoms with Crippen LogP contribution in [0, 0.1) is 5.41 Å². The van der Waals surface area contributed by atoms with Crippen LogP contribution in [0.3, 0.4) is 0 Å². The summed E-state index contributed by atoms with van der Waals surface area (Å²) in [5.41, 5.74) is 0.132. The monoisotopic (exact) mass is 330 g/mol. The molecule has 2 amide bonds. The van der Waals surface area contributed by atoms with Crippen molar-refractivity contribution in [2.24, 2.45) is 5.41 Å². The summed E-state index contributed by atoms with van der Waals surface area (Å²) >= 11 is 0. The molecule has 1 aromatic carbocycles. The van der Waals surface area contributed by atoms with Gasteiger partial charge in [0.2, 0.25) is 11.8 Å². The zero-order valence-corrected chi connectivity index (χ0v) is 13.5. The van der Waals surface area contributed by atoms with E-state index in [1.54, 1.807) is 4.90 Å². The van der Waals surface area contributed by atoms with E-state index in [9.17, 15) is 19.5 Å². The van der Waals surface area contributed by atoms with Crippen molar-refractivity contribution in [2.75, 3.05) is 6.54 Å². The first-order chi connectivity index (χ1) is 11.5. The molecule has 2 aliphatic rings. The predicted molar refractivity (Wildman–Crippen MR) is 86.9 cm³/mol. The Morgan fingerprint density at radius 3 is 2.54 bits per heavy atom. The van der Waals surface area contributed by atoms with Gasteiger partial charge in [0.15, 0.2) is 0 Å². The SMILES string of the molecule is O=C(CC1(C(=O)O)CCC1)NC1CCN(Cc2ccccc2)C1=O. The highest BCUT2D eigenvalue weighted by molar-refractivity contribution is 5.91. The van der Waals surface area contributed by atoms with Crippen LogP contribution >= 0.6 is 0 Å². The second-order valence-corrected chi connectivity index (χ2v) is 6.77. The Bertz CT molecular complexity index is 640. The van der Waals surface area contributed by atoms with E-state index in [1.807, 2.05) is 30.3 Å². The summed E-state index contributed by atoms with van der Waals surface area (Å²) in [6, 6.07) is 9.18. The third-order valence-corrected chi connectivity index (χ3v) is 5.11. The third-order valence-electron chi connectivity index (χ3n) is 5.11. The normalized spacial score (nSPS) is 22.1. The van der Waals surface area contributed by atoms with E-state index in [4.69, 9.17) is 0 Å². The molecule has 3 rings (SSSR count). The van der Waals surface area contributed by atoms with Crippen LogP contribution in [-0.4, -0.2) is 40.4 Å². The molecule has 2 N–H and O–H groups in total. The van der Waals surface area contributed by atoms with Crippen LogP contribution in [0.2, 0.25) is 0 Å². The summed E-state index contributed by atoms with van der Waals surface area (Å²) in [5.74, 6) is -1.34. The Hall–Kier alpha value is -2.37. The minimum atomic E-state index is -0.921. The Kier molecular flexibility index (Phi) is 4.55. The topological polar surface area (TPSA) is 86.7 Å². The maximum atomic E-state index is 12.4. The van der Waals surface area contributed by atoms with Crippen LogP contribution in [0.4, 0.5) is 0 Å². The van der Waals surface area contributed by atoms with E-state index in [-0.39, 0.29) is 18.2 Å². The Balaban J connectivity index is 1.54. The highest BCUT2D eigenvalue weighted by Crippen LogP contribution is 2.44. The first kappa shape index (κ1) is 16.5. The summed E-state index contributed by atoms with van der Waals surface area (Å²) in [5, 5.41) is 12.0. The molecule has 1 atom stereocenters. The van der Waals surface area contributed by atoms with Gasteiger partial charge in [-0.05, 0) is 24.8 Å². The van der Waals surface area contributed by atoms with Crippen molar-refractivity contribution in [1.29, 1.82) is 0 Å². The lowest BCUT2D eigenvalue weighted by molar-refractivity contribution is -0.157. The molecule has 1 aliphatic carbocycles. The number of carbonyl (C=O) groups excluding carboxylic acids is 2. The molecule has 1 heterocycles. The van der Waals surface area contributed by atoms with Gasteiger partial charge in [-0.2, -0.15) is 0 Å². The highest BCUT2D eigenvalue weighted by Gasteiger charge is 2.46. The molecule has 6 heteroatoms. The highest BCUT2D eigenvalue weighted by atomic mass is 16.4. The van der Waals surface area contributed by atoms with Gasteiger partial charge in [0.1, 0.15) is 6.04 Å². The molecule has 0 bridgehead atoms. The minimum absolute atomic E-state index is 0.0369. The third kappa shape index (κ3) is 3.27. The molecule has 1 aromatic rings. The van der Waals surface area contributed by atoms with E-state index in [0.29, 0.717) is 32.4 Å². The van der Waals surface area contributed by atoms with Gasteiger partial charge >= 0.3 is 5.97 Å². The number of carboxylic acids is 1. The van der Waals surface area contributed by atoms with Crippen molar-refractivity contribution in [2.45, 2.75) is 44.7 Å². The fraction of sp³-hybridized carbons (Fsp3) is 0.500. The summed E-state index contributed by atoms with van der Waals surface area (Å²) in [7, 11) is 0. The Labute approximate surface area is 140 Å². The molecule has 1 aliphatic heterocycles. The standard InChI is InChI=1S/C18H22N2O4/c21-15(11-18(17(23)24)8-4-9-18)19-14-7-10-20(16(14)22)12-13-5-2-1-3-6-13/h1-3,5-6,14H,4,7-12H2,(H,19,21)(H,23,24). The van der Waals surface area contributed by atoms with Gasteiger partial charge in [-0.1, -0.05) is 36.8 Å². The van der Waals surface area contributed by atoms with Gasteiger partial charge in [-0.15, -0.1) is 0 Å². The fourth-order valence-electron chi connectivity index (χ4n) is 3.46. The molecule has 0 radical (unpaired) electrons. The van der Waals surface area contributed by atoms with E-state index in [1.165, 1.54) is 0 Å². The lowest BCUT2D eigenvalue weighted by Crippen LogP contribution is -2.46. The molecular weight excluding hydrogens is 308 g/mol. The maximum absolute atomic E-state index is 12.4. The zero-order valence-electron chi connectivity index (χ0n) is 13.5. The van der Waals surface area contributed by atoms with Crippen LogP contribution in [0.1, 0.15) is 37.7 Å². The number of hydrogen-bond donors (Lipinski definition) is 2. The number of hydrogen-bond acceptors (Lipinski definition) is 3. The number of rotatable bonds is 6. The summed E-state index contributed by atoms with van der Waals surface area (Å²) in [6.07, 6.45) is 2.44. The first-order valence-corrected chi connectivity index (χ1v) is 8.36. The summed E-state index contributed by atoms with van der Waals surface area (Å²) in [4.78, 5) is 37.7. The van der Waals surface area contributed by atoms with Crippen molar-refractivity contribution in [3.05, 3.63) is 35.9 Å². The van der Waals surface area contributed by atoms with Gasteiger partial charge in [0, 0.05) is 19.5 Å². The van der Waals surface area contributed by atoms with Crippen LogP contribution in [0.15, 0.2) is 30.3 Å². The largest absolute Gasteiger partial charge is 0.481 e. The molecule has 6 nitrogen and oxygen atoms in total. The molecule has 0 aromatic heterocycles. The van der Waals surface area contributed by atoms with Crippen molar-refractivity contribution in [1.82, 2.24) is 10.2 Å². The average molecular weight is 330 g/mol. The first-order valence-electron chi connectivity index (χ1n) is 8.36. The molecular formula is C18H22N2O4. The lowest BCUT2D eigenvalue weighted by atomic mass is 9.66. The Morgan fingerprint density at radius 1 is 1.25 bits per heavy atom. The summed E-state index contributed by atoms with van der Waals surface area (Å²) < 4.78 is 0. The zero-order chi connectivity index (χ0) is 17.2. The van der Waals surface area contributed by atoms with Gasteiger partial charge < -0.3 is 15.3 Å². The van der Waals surface area contributed by atoms with Gasteiger partial charge in [-0.3, -0.25) is 14.4 Å². The van der Waals surface area contributed by atoms with E-state index < -0.39 is 17.4 Å². The minimum Gasteiger partial charge on any atom is -0.481 e. The predicted octanol–water partition coefficient (Wildman–Crippen LogP) is 1.55. The Morgan fingerprint density at radius 2 is 1.96 bits per heavy atom. The number of carbonyl (C=O) groups is 3. The van der Waals surface area contributed by atoms with Crippen molar-refractivity contribution >= 4 is 17.8 Å². The van der Waals surface area contributed by atoms with Crippen LogP contribution in [-0.2, 0) is 20.9 Å². The molecule has 0 spiro atoms. The number of amides is 2. The number of aliphatic carboxylic acids is 1. The van der Waals surface area contributed by atoms with Gasteiger partial charge in [-0.25, -0.2) is 0 Å². The smallest absolute Gasteiger partial charge is 0.310 e. The summed E-state index contributed by atoms with van der Waals surface area (Å²) in [6.45, 7) is 1.13. The second-order valence-electron chi connectivity index (χ2n) is 6.77. The average Bonchev–Trinajstić information content (AvgIpc) is 2.85. The quantitative estimate of drug-likeness (QED) is 0.828. The number of nitrogens with one attached hydrogen (secondary N) is 1. The molecule has 1 unspecified atom stereocenters. The van der Waals surface area contributed by atoms with Crippen LogP contribution in [0.25, 0.3) is 0 Å². The number of nitrogens with zero attached hydrogens (tertiary/aromatic N) is 1. The molecule has 1 saturated carbocycles. The fourth-order valence-corrected chi connectivity index (χ4v) is 3.46.